The first-order valence-electron chi connectivity index (χ1n) is 12.7. The van der Waals surface area contributed by atoms with Crippen molar-refractivity contribution in [2.75, 3.05) is 6.61 Å². The Morgan fingerprint density at radius 2 is 1.91 bits per heavy atom. The summed E-state index contributed by atoms with van der Waals surface area (Å²) in [5.41, 5.74) is 2.61. The minimum atomic E-state index is -0.948. The number of aliphatic hydroxyl groups excluding tert-OH is 1. The van der Waals surface area contributed by atoms with Crippen LogP contribution in [0.25, 0.3) is 0 Å². The molecule has 5 unspecified atom stereocenters. The number of hydrogen-bond donors (Lipinski definition) is 1. The predicted octanol–water partition coefficient (Wildman–Crippen LogP) is 5.96. The van der Waals surface area contributed by atoms with Crippen molar-refractivity contribution in [1.82, 2.24) is 0 Å². The molecular weight excluding hydrogens is 400 g/mol. The van der Waals surface area contributed by atoms with Gasteiger partial charge in [-0.25, -0.2) is 0 Å². The molecule has 0 saturated carbocycles. The zero-order valence-electron chi connectivity index (χ0n) is 21.4. The number of carboxylic acids is 1. The third-order valence-electron chi connectivity index (χ3n) is 6.98. The monoisotopic (exact) mass is 447 g/mol. The van der Waals surface area contributed by atoms with Crippen molar-refractivity contribution in [3.05, 3.63) is 35.1 Å². The lowest BCUT2D eigenvalue weighted by Crippen LogP contribution is -2.29. The van der Waals surface area contributed by atoms with E-state index in [-0.39, 0.29) is 18.6 Å². The molecule has 0 spiro atoms. The van der Waals surface area contributed by atoms with Gasteiger partial charge >= 0.3 is 0 Å². The van der Waals surface area contributed by atoms with Crippen molar-refractivity contribution in [2.24, 2.45) is 23.7 Å². The minimum absolute atomic E-state index is 0.0676. The Bertz CT molecular complexity index is 646. The van der Waals surface area contributed by atoms with Crippen molar-refractivity contribution in [1.29, 1.82) is 0 Å². The van der Waals surface area contributed by atoms with Gasteiger partial charge < -0.3 is 19.7 Å². The van der Waals surface area contributed by atoms with E-state index < -0.39 is 5.97 Å². The van der Waals surface area contributed by atoms with E-state index in [0.717, 1.165) is 57.1 Å². The summed E-state index contributed by atoms with van der Waals surface area (Å²) in [6, 6.07) is 0. The molecule has 1 N–H and O–H groups in total. The Morgan fingerprint density at radius 1 is 1.19 bits per heavy atom. The van der Waals surface area contributed by atoms with Crippen LogP contribution >= 0.6 is 0 Å². The summed E-state index contributed by atoms with van der Waals surface area (Å²) in [5, 5.41) is 20.6. The smallest absolute Gasteiger partial charge is 0.121 e. The Morgan fingerprint density at radius 3 is 2.53 bits per heavy atom. The summed E-state index contributed by atoms with van der Waals surface area (Å²) in [7, 11) is 0. The average molecular weight is 448 g/mol. The molecule has 0 radical (unpaired) electrons. The molecule has 4 nitrogen and oxygen atoms in total. The van der Waals surface area contributed by atoms with E-state index in [9.17, 15) is 15.0 Å². The van der Waals surface area contributed by atoms with Gasteiger partial charge in [-0.3, -0.25) is 0 Å². The van der Waals surface area contributed by atoms with Crippen molar-refractivity contribution in [2.45, 2.75) is 105 Å². The molecule has 0 amide bonds. The first-order valence-corrected chi connectivity index (χ1v) is 12.7. The van der Waals surface area contributed by atoms with Crippen LogP contribution in [0.15, 0.2) is 35.1 Å². The summed E-state index contributed by atoms with van der Waals surface area (Å²) in [5.74, 6) is 1.23. The van der Waals surface area contributed by atoms with Gasteiger partial charge in [-0.15, -0.1) is 0 Å². The molecule has 0 fully saturated rings. The van der Waals surface area contributed by atoms with Crippen LogP contribution in [0.4, 0.5) is 0 Å². The lowest BCUT2D eigenvalue weighted by Gasteiger charge is -2.30. The number of carbonyl (C=O) groups excluding carboxylic acids is 1. The summed E-state index contributed by atoms with van der Waals surface area (Å²) in [6.45, 7) is 12.8. The van der Waals surface area contributed by atoms with Crippen LogP contribution in [0, 0.1) is 23.7 Å². The molecule has 1 rings (SSSR count). The van der Waals surface area contributed by atoms with E-state index in [1.54, 1.807) is 6.92 Å². The number of allylic oxidation sites excluding steroid dienone is 6. The molecule has 0 aliphatic heterocycles. The number of aliphatic carboxylic acids is 1. The van der Waals surface area contributed by atoms with Crippen LogP contribution in [0.1, 0.15) is 99.3 Å². The van der Waals surface area contributed by atoms with Crippen LogP contribution in [0.3, 0.4) is 0 Å². The fourth-order valence-electron chi connectivity index (χ4n) is 4.25. The highest BCUT2D eigenvalue weighted by molar-refractivity contribution is 5.66. The Kier molecular flexibility index (Phi) is 13.6. The highest BCUT2D eigenvalue weighted by Gasteiger charge is 2.25. The molecule has 0 aromatic heterocycles. The van der Waals surface area contributed by atoms with Gasteiger partial charge in [0.25, 0.3) is 0 Å². The van der Waals surface area contributed by atoms with Gasteiger partial charge in [0.15, 0.2) is 0 Å². The predicted molar refractivity (Wildman–Crippen MR) is 131 cm³/mol. The fourth-order valence-corrected chi connectivity index (χ4v) is 4.25. The summed E-state index contributed by atoms with van der Waals surface area (Å²) in [4.78, 5) is 10.8. The zero-order chi connectivity index (χ0) is 24.1. The second-order valence-corrected chi connectivity index (χ2v) is 9.95. The quantitative estimate of drug-likeness (QED) is 0.296. The van der Waals surface area contributed by atoms with E-state index in [1.807, 2.05) is 0 Å². The summed E-state index contributed by atoms with van der Waals surface area (Å²) in [6.07, 6.45) is 15.4. The molecule has 0 saturated heterocycles. The maximum absolute atomic E-state index is 10.8. The van der Waals surface area contributed by atoms with Crippen molar-refractivity contribution in [3.63, 3.8) is 0 Å². The number of carbonyl (C=O) groups is 1. The Hall–Kier alpha value is -1.55. The first-order chi connectivity index (χ1) is 15.2. The van der Waals surface area contributed by atoms with Crippen molar-refractivity contribution in [3.8, 4) is 0 Å². The Balaban J connectivity index is 2.33. The molecular formula is C28H47O4-. The SMILES string of the molecule is CCC1=C(OC(CO)CCCC(C)CC/C=C(\C)CCCC(C)C(=O)[O-])C(C)C(C)C=C1. The van der Waals surface area contributed by atoms with E-state index in [4.69, 9.17) is 4.74 Å². The van der Waals surface area contributed by atoms with Gasteiger partial charge in [0, 0.05) is 11.9 Å². The van der Waals surface area contributed by atoms with E-state index >= 15 is 0 Å². The highest BCUT2D eigenvalue weighted by atomic mass is 16.5. The molecule has 5 atom stereocenters. The largest absolute Gasteiger partial charge is 0.550 e. The molecule has 0 aromatic carbocycles. The lowest BCUT2D eigenvalue weighted by molar-refractivity contribution is -0.311. The number of ether oxygens (including phenoxy) is 1. The molecule has 184 valence electrons. The normalized spacial score (nSPS) is 22.0. The van der Waals surface area contributed by atoms with Crippen LogP contribution in [0.2, 0.25) is 0 Å². The van der Waals surface area contributed by atoms with E-state index in [0.29, 0.717) is 24.2 Å². The summed E-state index contributed by atoms with van der Waals surface area (Å²) >= 11 is 0. The standard InChI is InChI=1S/C28H48O4/c1-7-25-18-17-22(4)24(6)27(25)32-26(19-29)16-10-14-21(3)12-8-11-20(2)13-9-15-23(5)28(30)31/h11,17-18,21-24,26,29H,7-10,12-16,19H2,1-6H3,(H,30,31)/p-1/b20-11+. The van der Waals surface area contributed by atoms with Crippen LogP contribution in [-0.4, -0.2) is 23.8 Å². The number of carboxylic acid groups (broad SMARTS) is 1. The maximum Gasteiger partial charge on any atom is 0.121 e. The fraction of sp³-hybridized carbons (Fsp3) is 0.750. The zero-order valence-corrected chi connectivity index (χ0v) is 21.4. The van der Waals surface area contributed by atoms with Crippen molar-refractivity contribution < 1.29 is 19.7 Å². The van der Waals surface area contributed by atoms with E-state index in [1.165, 1.54) is 11.1 Å². The second kappa shape index (κ2) is 15.3. The highest BCUT2D eigenvalue weighted by Crippen LogP contribution is 2.33. The van der Waals surface area contributed by atoms with E-state index in [2.05, 4.69) is 52.8 Å². The topological polar surface area (TPSA) is 69.6 Å². The lowest BCUT2D eigenvalue weighted by atomic mass is 9.85. The number of rotatable bonds is 16. The molecule has 32 heavy (non-hydrogen) atoms. The number of aliphatic hydroxyl groups is 1. The molecule has 1 aliphatic carbocycles. The Labute approximate surface area is 196 Å². The first kappa shape index (κ1) is 28.5. The molecule has 0 bridgehead atoms. The van der Waals surface area contributed by atoms with Gasteiger partial charge in [-0.05, 0) is 81.6 Å². The number of hydrogen-bond acceptors (Lipinski definition) is 4. The van der Waals surface area contributed by atoms with Crippen LogP contribution < -0.4 is 5.11 Å². The van der Waals surface area contributed by atoms with Gasteiger partial charge in [0.2, 0.25) is 0 Å². The van der Waals surface area contributed by atoms with Crippen LogP contribution in [0.5, 0.6) is 0 Å². The summed E-state index contributed by atoms with van der Waals surface area (Å²) < 4.78 is 6.32. The van der Waals surface area contributed by atoms with Gasteiger partial charge in [0.1, 0.15) is 11.9 Å². The third-order valence-corrected chi connectivity index (χ3v) is 6.98. The minimum Gasteiger partial charge on any atom is -0.550 e. The third kappa shape index (κ3) is 10.4. The molecule has 4 heteroatoms. The van der Waals surface area contributed by atoms with Gasteiger partial charge in [-0.1, -0.05) is 64.8 Å². The molecule has 0 heterocycles. The van der Waals surface area contributed by atoms with Crippen molar-refractivity contribution >= 4 is 5.97 Å². The molecule has 0 aromatic rings. The van der Waals surface area contributed by atoms with Gasteiger partial charge in [0.05, 0.1) is 6.61 Å². The van der Waals surface area contributed by atoms with Crippen LogP contribution in [-0.2, 0) is 9.53 Å². The maximum atomic E-state index is 10.8. The second-order valence-electron chi connectivity index (χ2n) is 9.95. The van der Waals surface area contributed by atoms with Gasteiger partial charge in [-0.2, -0.15) is 0 Å². The molecule has 1 aliphatic rings. The average Bonchev–Trinajstić information content (AvgIpc) is 2.75.